The predicted molar refractivity (Wildman–Crippen MR) is 105 cm³/mol. The standard InChI is InChI=1S/C21H34N2O2/c1-19-7-5-6-10-21(19)18-23-12-14-25-16-15-24-13-11-22-17-20-8-3-2-4-9-20/h2-3,5-6,8,10,19,22-23H,4,7,9,11-18H2,1H3. The summed E-state index contributed by atoms with van der Waals surface area (Å²) in [4.78, 5) is 0. The Kier molecular flexibility index (Phi) is 10.5. The van der Waals surface area contributed by atoms with Gasteiger partial charge in [0.2, 0.25) is 0 Å². The molecule has 0 heterocycles. The zero-order valence-corrected chi connectivity index (χ0v) is 15.6. The molecule has 0 saturated heterocycles. The van der Waals surface area contributed by atoms with Gasteiger partial charge in [-0.05, 0) is 25.2 Å². The van der Waals surface area contributed by atoms with Crippen LogP contribution in [0.5, 0.6) is 0 Å². The third-order valence-electron chi connectivity index (χ3n) is 4.57. The van der Waals surface area contributed by atoms with Crippen LogP contribution in [0.15, 0.2) is 47.6 Å². The maximum Gasteiger partial charge on any atom is 0.0701 e. The SMILES string of the molecule is CC1CC=CC=C1CNCCOCCOCCNCC1=CC=CCC1. The highest BCUT2D eigenvalue weighted by atomic mass is 16.5. The summed E-state index contributed by atoms with van der Waals surface area (Å²) in [5.74, 6) is 0.659. The minimum Gasteiger partial charge on any atom is -0.378 e. The molecule has 0 aromatic heterocycles. The van der Waals surface area contributed by atoms with Crippen LogP contribution >= 0.6 is 0 Å². The van der Waals surface area contributed by atoms with Gasteiger partial charge >= 0.3 is 0 Å². The normalized spacial score (nSPS) is 19.8. The summed E-state index contributed by atoms with van der Waals surface area (Å²) in [5, 5.41) is 6.87. The Hall–Kier alpha value is -1.20. The Balaban J connectivity index is 1.32. The van der Waals surface area contributed by atoms with Gasteiger partial charge in [-0.2, -0.15) is 0 Å². The highest BCUT2D eigenvalue weighted by molar-refractivity contribution is 5.21. The first-order chi connectivity index (χ1) is 12.4. The van der Waals surface area contributed by atoms with E-state index in [9.17, 15) is 0 Å². The van der Waals surface area contributed by atoms with E-state index in [2.05, 4.69) is 54.0 Å². The van der Waals surface area contributed by atoms with E-state index in [0.717, 1.165) is 45.8 Å². The average molecular weight is 347 g/mol. The van der Waals surface area contributed by atoms with Crippen LogP contribution < -0.4 is 10.6 Å². The van der Waals surface area contributed by atoms with Gasteiger partial charge in [-0.1, -0.05) is 54.5 Å². The molecule has 0 aromatic rings. The van der Waals surface area contributed by atoms with Crippen molar-refractivity contribution in [2.24, 2.45) is 5.92 Å². The fourth-order valence-electron chi connectivity index (χ4n) is 2.92. The fourth-order valence-corrected chi connectivity index (χ4v) is 2.92. The van der Waals surface area contributed by atoms with Gasteiger partial charge in [0.15, 0.2) is 0 Å². The summed E-state index contributed by atoms with van der Waals surface area (Å²) in [6.45, 7) is 8.81. The molecule has 0 aliphatic heterocycles. The second-order valence-corrected chi connectivity index (χ2v) is 6.68. The highest BCUT2D eigenvalue weighted by Crippen LogP contribution is 2.18. The molecule has 25 heavy (non-hydrogen) atoms. The molecule has 140 valence electrons. The lowest BCUT2D eigenvalue weighted by molar-refractivity contribution is 0.0502. The topological polar surface area (TPSA) is 42.5 Å². The number of ether oxygens (including phenoxy) is 2. The van der Waals surface area contributed by atoms with Crippen molar-refractivity contribution < 1.29 is 9.47 Å². The first-order valence-electron chi connectivity index (χ1n) is 9.63. The van der Waals surface area contributed by atoms with E-state index in [1.807, 2.05) is 0 Å². The van der Waals surface area contributed by atoms with Gasteiger partial charge in [0, 0.05) is 26.2 Å². The van der Waals surface area contributed by atoms with E-state index in [1.54, 1.807) is 0 Å². The van der Waals surface area contributed by atoms with Crippen molar-refractivity contribution in [3.05, 3.63) is 47.6 Å². The van der Waals surface area contributed by atoms with Crippen molar-refractivity contribution in [3.8, 4) is 0 Å². The third kappa shape index (κ3) is 9.17. The van der Waals surface area contributed by atoms with Crippen molar-refractivity contribution in [3.63, 3.8) is 0 Å². The van der Waals surface area contributed by atoms with Crippen molar-refractivity contribution in [1.82, 2.24) is 10.6 Å². The number of hydrogen-bond acceptors (Lipinski definition) is 4. The summed E-state index contributed by atoms with van der Waals surface area (Å²) in [5.41, 5.74) is 2.96. The molecule has 0 fully saturated rings. The van der Waals surface area contributed by atoms with Gasteiger partial charge < -0.3 is 20.1 Å². The molecule has 1 atom stereocenters. The van der Waals surface area contributed by atoms with Crippen molar-refractivity contribution >= 4 is 0 Å². The van der Waals surface area contributed by atoms with Crippen LogP contribution in [0.25, 0.3) is 0 Å². The number of nitrogens with one attached hydrogen (secondary N) is 2. The smallest absolute Gasteiger partial charge is 0.0701 e. The molecular weight excluding hydrogens is 312 g/mol. The third-order valence-corrected chi connectivity index (χ3v) is 4.57. The minimum atomic E-state index is 0.659. The fraction of sp³-hybridized carbons (Fsp3) is 0.619. The van der Waals surface area contributed by atoms with Crippen LogP contribution in [0.3, 0.4) is 0 Å². The molecule has 0 bridgehead atoms. The molecule has 2 rings (SSSR count). The van der Waals surface area contributed by atoms with Gasteiger partial charge in [0.05, 0.1) is 26.4 Å². The molecule has 4 heteroatoms. The molecular formula is C21H34N2O2. The van der Waals surface area contributed by atoms with E-state index < -0.39 is 0 Å². The summed E-state index contributed by atoms with van der Waals surface area (Å²) >= 11 is 0. The molecule has 0 saturated carbocycles. The van der Waals surface area contributed by atoms with E-state index in [1.165, 1.54) is 24.0 Å². The lowest BCUT2D eigenvalue weighted by Gasteiger charge is -2.17. The summed E-state index contributed by atoms with van der Waals surface area (Å²) in [6, 6.07) is 0. The van der Waals surface area contributed by atoms with Crippen molar-refractivity contribution in [1.29, 1.82) is 0 Å². The number of rotatable bonds is 13. The predicted octanol–water partition coefficient (Wildman–Crippen LogP) is 3.00. The van der Waals surface area contributed by atoms with Gasteiger partial charge in [0.25, 0.3) is 0 Å². The number of allylic oxidation sites excluding steroid dienone is 6. The van der Waals surface area contributed by atoms with Gasteiger partial charge in [-0.25, -0.2) is 0 Å². The Morgan fingerprint density at radius 3 is 2.32 bits per heavy atom. The van der Waals surface area contributed by atoms with Crippen molar-refractivity contribution in [2.75, 3.05) is 52.6 Å². The Bertz CT molecular complexity index is 480. The maximum atomic E-state index is 5.59. The van der Waals surface area contributed by atoms with Gasteiger partial charge in [-0.15, -0.1) is 0 Å². The second-order valence-electron chi connectivity index (χ2n) is 6.68. The first-order valence-corrected chi connectivity index (χ1v) is 9.63. The molecule has 1 unspecified atom stereocenters. The van der Waals surface area contributed by atoms with Gasteiger partial charge in [0.1, 0.15) is 0 Å². The van der Waals surface area contributed by atoms with E-state index >= 15 is 0 Å². The minimum absolute atomic E-state index is 0.659. The van der Waals surface area contributed by atoms with Crippen LogP contribution in [0.1, 0.15) is 26.2 Å². The monoisotopic (exact) mass is 346 g/mol. The van der Waals surface area contributed by atoms with Crippen LogP contribution in [0.4, 0.5) is 0 Å². The summed E-state index contributed by atoms with van der Waals surface area (Å²) < 4.78 is 11.2. The van der Waals surface area contributed by atoms with Crippen LogP contribution in [-0.4, -0.2) is 52.6 Å². The van der Waals surface area contributed by atoms with E-state index in [-0.39, 0.29) is 0 Å². The lowest BCUT2D eigenvalue weighted by Crippen LogP contribution is -2.25. The zero-order valence-electron chi connectivity index (χ0n) is 15.6. The summed E-state index contributed by atoms with van der Waals surface area (Å²) in [6.07, 6.45) is 16.7. The molecule has 0 spiro atoms. The largest absolute Gasteiger partial charge is 0.378 e. The Morgan fingerprint density at radius 2 is 1.64 bits per heavy atom. The maximum absolute atomic E-state index is 5.59. The molecule has 2 N–H and O–H groups in total. The quantitative estimate of drug-likeness (QED) is 0.503. The lowest BCUT2D eigenvalue weighted by atomic mass is 9.93. The van der Waals surface area contributed by atoms with Crippen molar-refractivity contribution in [2.45, 2.75) is 26.2 Å². The Labute approximate surface area is 153 Å². The molecule has 0 radical (unpaired) electrons. The van der Waals surface area contributed by atoms with E-state index in [4.69, 9.17) is 9.47 Å². The number of hydrogen-bond donors (Lipinski definition) is 2. The molecule has 2 aliphatic carbocycles. The molecule has 0 amide bonds. The van der Waals surface area contributed by atoms with Crippen LogP contribution in [0, 0.1) is 5.92 Å². The summed E-state index contributed by atoms with van der Waals surface area (Å²) in [7, 11) is 0. The molecule has 4 nitrogen and oxygen atoms in total. The van der Waals surface area contributed by atoms with Crippen LogP contribution in [0.2, 0.25) is 0 Å². The second kappa shape index (κ2) is 13.1. The van der Waals surface area contributed by atoms with E-state index in [0.29, 0.717) is 19.1 Å². The zero-order chi connectivity index (χ0) is 17.6. The first kappa shape index (κ1) is 20.1. The van der Waals surface area contributed by atoms with Gasteiger partial charge in [-0.3, -0.25) is 0 Å². The Morgan fingerprint density at radius 1 is 0.920 bits per heavy atom. The molecule has 2 aliphatic rings. The highest BCUT2D eigenvalue weighted by Gasteiger charge is 2.08. The van der Waals surface area contributed by atoms with Crippen LogP contribution in [-0.2, 0) is 9.47 Å². The molecule has 0 aromatic carbocycles. The average Bonchev–Trinajstić information content (AvgIpc) is 2.65.